The zero-order valence-corrected chi connectivity index (χ0v) is 15.9. The highest BCUT2D eigenvalue weighted by Gasteiger charge is 2.15. The van der Waals surface area contributed by atoms with E-state index < -0.39 is 10.0 Å². The van der Waals surface area contributed by atoms with E-state index in [4.69, 9.17) is 0 Å². The Balaban J connectivity index is 1.56. The van der Waals surface area contributed by atoms with Gasteiger partial charge in [0.15, 0.2) is 0 Å². The third-order valence-electron chi connectivity index (χ3n) is 4.35. The van der Waals surface area contributed by atoms with Crippen LogP contribution < -0.4 is 10.0 Å². The van der Waals surface area contributed by atoms with Crippen LogP contribution in [0.4, 0.5) is 0 Å². The molecule has 3 aromatic rings. The van der Waals surface area contributed by atoms with Crippen molar-refractivity contribution in [2.45, 2.75) is 24.3 Å². The summed E-state index contributed by atoms with van der Waals surface area (Å²) in [6, 6.07) is 22.0. The number of hydrogen-bond acceptors (Lipinski definition) is 3. The minimum Gasteiger partial charge on any atom is -0.350 e. The van der Waals surface area contributed by atoms with Crippen LogP contribution in [0.5, 0.6) is 0 Å². The zero-order valence-electron chi connectivity index (χ0n) is 15.1. The van der Waals surface area contributed by atoms with E-state index in [-0.39, 0.29) is 29.8 Å². The fourth-order valence-electron chi connectivity index (χ4n) is 2.86. The molecule has 0 aliphatic carbocycles. The van der Waals surface area contributed by atoms with E-state index in [1.165, 1.54) is 0 Å². The molecule has 2 N–H and O–H groups in total. The molecule has 5 nitrogen and oxygen atoms in total. The smallest absolute Gasteiger partial charge is 0.240 e. The van der Waals surface area contributed by atoms with Gasteiger partial charge >= 0.3 is 0 Å². The predicted octanol–water partition coefficient (Wildman–Crippen LogP) is 3.39. The van der Waals surface area contributed by atoms with Crippen molar-refractivity contribution in [3.63, 3.8) is 0 Å². The molecule has 0 aromatic heterocycles. The number of rotatable bonds is 7. The molecule has 3 aromatic carbocycles. The van der Waals surface area contributed by atoms with Gasteiger partial charge in [0.05, 0.1) is 10.9 Å². The Hall–Kier alpha value is -2.70. The lowest BCUT2D eigenvalue weighted by Gasteiger charge is -2.14. The molecule has 0 fully saturated rings. The predicted molar refractivity (Wildman–Crippen MR) is 107 cm³/mol. The lowest BCUT2D eigenvalue weighted by Crippen LogP contribution is -2.32. The Bertz CT molecular complexity index is 1030. The van der Waals surface area contributed by atoms with Crippen LogP contribution in [0.3, 0.4) is 0 Å². The lowest BCUT2D eigenvalue weighted by molar-refractivity contribution is -0.121. The van der Waals surface area contributed by atoms with Gasteiger partial charge in [-0.2, -0.15) is 0 Å². The summed E-state index contributed by atoms with van der Waals surface area (Å²) in [6.07, 6.45) is 0.0734. The molecule has 0 heterocycles. The van der Waals surface area contributed by atoms with Crippen LogP contribution in [-0.4, -0.2) is 20.9 Å². The van der Waals surface area contributed by atoms with E-state index >= 15 is 0 Å². The largest absolute Gasteiger partial charge is 0.350 e. The number of carbonyl (C=O) groups is 1. The summed E-state index contributed by atoms with van der Waals surface area (Å²) in [5.41, 5.74) is 1.00. The van der Waals surface area contributed by atoms with Gasteiger partial charge in [-0.05, 0) is 35.4 Å². The fourth-order valence-corrected chi connectivity index (χ4v) is 3.92. The molecule has 0 aliphatic heterocycles. The van der Waals surface area contributed by atoms with Crippen molar-refractivity contribution in [3.05, 3.63) is 78.4 Å². The maximum Gasteiger partial charge on any atom is 0.240 e. The van der Waals surface area contributed by atoms with E-state index in [0.717, 1.165) is 16.3 Å². The summed E-state index contributed by atoms with van der Waals surface area (Å²) >= 11 is 0. The zero-order chi connectivity index (χ0) is 19.3. The van der Waals surface area contributed by atoms with Crippen LogP contribution in [0.2, 0.25) is 0 Å². The first kappa shape index (κ1) is 19.1. The number of amides is 1. The minimum absolute atomic E-state index is 0.0441. The third-order valence-corrected chi connectivity index (χ3v) is 5.81. The van der Waals surface area contributed by atoms with Crippen LogP contribution in [0, 0.1) is 0 Å². The molecule has 140 valence electrons. The highest BCUT2D eigenvalue weighted by atomic mass is 32.2. The number of benzene rings is 3. The Labute approximate surface area is 159 Å². The van der Waals surface area contributed by atoms with Crippen molar-refractivity contribution in [1.82, 2.24) is 10.0 Å². The monoisotopic (exact) mass is 382 g/mol. The molecule has 0 radical (unpaired) electrons. The summed E-state index contributed by atoms with van der Waals surface area (Å²) < 4.78 is 27.4. The van der Waals surface area contributed by atoms with Crippen molar-refractivity contribution >= 4 is 26.7 Å². The van der Waals surface area contributed by atoms with Gasteiger partial charge in [0, 0.05) is 13.0 Å². The quantitative estimate of drug-likeness (QED) is 0.658. The Morgan fingerprint density at radius 3 is 2.33 bits per heavy atom. The molecule has 0 spiro atoms. The molecule has 1 amide bonds. The number of hydrogen-bond donors (Lipinski definition) is 2. The average molecular weight is 382 g/mol. The van der Waals surface area contributed by atoms with Crippen molar-refractivity contribution in [3.8, 4) is 0 Å². The molecule has 0 saturated heterocycles. The number of sulfonamides is 1. The maximum atomic E-state index is 12.5. The summed E-state index contributed by atoms with van der Waals surface area (Å²) in [5.74, 6) is -0.201. The van der Waals surface area contributed by atoms with Crippen LogP contribution >= 0.6 is 0 Å². The molecule has 1 unspecified atom stereocenters. The highest BCUT2D eigenvalue weighted by molar-refractivity contribution is 7.89. The number of nitrogens with one attached hydrogen (secondary N) is 2. The second-order valence-corrected chi connectivity index (χ2v) is 8.12. The molecule has 0 aliphatic rings. The highest BCUT2D eigenvalue weighted by Crippen LogP contribution is 2.18. The second-order valence-electron chi connectivity index (χ2n) is 6.36. The standard InChI is InChI=1S/C21H22N2O3S/c1-16(17-7-3-2-4-8-17)23-21(24)13-14-22-27(25,26)20-12-11-18-9-5-6-10-19(18)15-20/h2-12,15-16,22H,13-14H2,1H3,(H,23,24). The molecule has 3 rings (SSSR count). The van der Waals surface area contributed by atoms with Gasteiger partial charge in [-0.1, -0.05) is 60.7 Å². The van der Waals surface area contributed by atoms with E-state index in [1.807, 2.05) is 61.5 Å². The first-order chi connectivity index (χ1) is 13.0. The van der Waals surface area contributed by atoms with Gasteiger partial charge in [0.25, 0.3) is 0 Å². The summed E-state index contributed by atoms with van der Waals surface area (Å²) in [7, 11) is -3.66. The summed E-state index contributed by atoms with van der Waals surface area (Å²) in [5, 5.41) is 4.71. The average Bonchev–Trinajstić information content (AvgIpc) is 2.68. The fraction of sp³-hybridized carbons (Fsp3) is 0.190. The van der Waals surface area contributed by atoms with E-state index in [1.54, 1.807) is 18.2 Å². The van der Waals surface area contributed by atoms with Crippen molar-refractivity contribution in [2.24, 2.45) is 0 Å². The van der Waals surface area contributed by atoms with Crippen molar-refractivity contribution < 1.29 is 13.2 Å². The minimum atomic E-state index is -3.66. The van der Waals surface area contributed by atoms with E-state index in [9.17, 15) is 13.2 Å². The van der Waals surface area contributed by atoms with Crippen LogP contribution in [0.1, 0.15) is 24.9 Å². The Morgan fingerprint density at radius 2 is 1.59 bits per heavy atom. The molecule has 27 heavy (non-hydrogen) atoms. The lowest BCUT2D eigenvalue weighted by atomic mass is 10.1. The maximum absolute atomic E-state index is 12.5. The van der Waals surface area contributed by atoms with Crippen LogP contribution in [0.15, 0.2) is 77.7 Å². The van der Waals surface area contributed by atoms with Gasteiger partial charge in [-0.3, -0.25) is 4.79 Å². The van der Waals surface area contributed by atoms with Gasteiger partial charge < -0.3 is 5.32 Å². The topological polar surface area (TPSA) is 75.3 Å². The van der Waals surface area contributed by atoms with E-state index in [0.29, 0.717) is 0 Å². The Kier molecular flexibility index (Phi) is 5.88. The van der Waals surface area contributed by atoms with Crippen LogP contribution in [-0.2, 0) is 14.8 Å². The van der Waals surface area contributed by atoms with Gasteiger partial charge in [0.1, 0.15) is 0 Å². The first-order valence-corrected chi connectivity index (χ1v) is 10.3. The van der Waals surface area contributed by atoms with E-state index in [2.05, 4.69) is 10.0 Å². The van der Waals surface area contributed by atoms with Gasteiger partial charge in [-0.25, -0.2) is 13.1 Å². The normalized spacial score (nSPS) is 12.6. The molecule has 0 bridgehead atoms. The summed E-state index contributed by atoms with van der Waals surface area (Å²) in [6.45, 7) is 1.94. The van der Waals surface area contributed by atoms with Gasteiger partial charge in [0.2, 0.25) is 15.9 Å². The van der Waals surface area contributed by atoms with Gasteiger partial charge in [-0.15, -0.1) is 0 Å². The molecule has 0 saturated carbocycles. The number of carbonyl (C=O) groups excluding carboxylic acids is 1. The molecular weight excluding hydrogens is 360 g/mol. The molecular formula is C21H22N2O3S. The van der Waals surface area contributed by atoms with Crippen molar-refractivity contribution in [2.75, 3.05) is 6.54 Å². The second kappa shape index (κ2) is 8.33. The van der Waals surface area contributed by atoms with Crippen LogP contribution in [0.25, 0.3) is 10.8 Å². The van der Waals surface area contributed by atoms with Crippen molar-refractivity contribution in [1.29, 1.82) is 0 Å². The molecule has 1 atom stereocenters. The Morgan fingerprint density at radius 1 is 0.926 bits per heavy atom. The number of fused-ring (bicyclic) bond motifs is 1. The first-order valence-electron chi connectivity index (χ1n) is 8.78. The SMILES string of the molecule is CC(NC(=O)CCNS(=O)(=O)c1ccc2ccccc2c1)c1ccccc1. The third kappa shape index (κ3) is 4.93. The summed E-state index contributed by atoms with van der Waals surface area (Å²) in [4.78, 5) is 12.3. The molecule has 6 heteroatoms.